The summed E-state index contributed by atoms with van der Waals surface area (Å²) in [4.78, 5) is 23.8. The number of amides is 2. The van der Waals surface area contributed by atoms with Gasteiger partial charge in [0.2, 0.25) is 5.91 Å². The van der Waals surface area contributed by atoms with Gasteiger partial charge in [0.05, 0.1) is 0 Å². The molecule has 1 aliphatic heterocycles. The average molecular weight is 335 g/mol. The Hall–Kier alpha value is -1.95. The first-order valence-electron chi connectivity index (χ1n) is 8.57. The lowest BCUT2D eigenvalue weighted by molar-refractivity contribution is -0.122. The highest BCUT2D eigenvalue weighted by molar-refractivity contribution is 5.94. The lowest BCUT2D eigenvalue weighted by Crippen LogP contribution is -2.37. The second kappa shape index (κ2) is 9.37. The van der Waals surface area contributed by atoms with E-state index < -0.39 is 0 Å². The van der Waals surface area contributed by atoms with Crippen LogP contribution in [0.1, 0.15) is 36.5 Å². The number of rotatable bonds is 7. The Kier molecular flexibility index (Phi) is 7.18. The minimum absolute atomic E-state index is 0.0177. The lowest BCUT2D eigenvalue weighted by Gasteiger charge is -2.28. The summed E-state index contributed by atoms with van der Waals surface area (Å²) in [7, 11) is 0. The fourth-order valence-electron chi connectivity index (χ4n) is 2.98. The second-order valence-corrected chi connectivity index (χ2v) is 6.40. The first kappa shape index (κ1) is 18.4. The van der Waals surface area contributed by atoms with Gasteiger partial charge in [-0.15, -0.1) is 0 Å². The van der Waals surface area contributed by atoms with Gasteiger partial charge in [-0.3, -0.25) is 9.59 Å². The van der Waals surface area contributed by atoms with Gasteiger partial charge in [0, 0.05) is 25.1 Å². The number of carbonyl (C=O) groups excluding carboxylic acids is 2. The van der Waals surface area contributed by atoms with Crippen molar-refractivity contribution >= 4 is 11.8 Å². The van der Waals surface area contributed by atoms with Gasteiger partial charge in [-0.2, -0.15) is 0 Å². The van der Waals surface area contributed by atoms with Gasteiger partial charge in [-0.05, 0) is 62.0 Å². The van der Waals surface area contributed by atoms with Crippen LogP contribution in [0, 0.1) is 17.7 Å². The van der Waals surface area contributed by atoms with Crippen LogP contribution in [0.15, 0.2) is 24.3 Å². The molecule has 2 unspecified atom stereocenters. The van der Waals surface area contributed by atoms with Gasteiger partial charge in [-0.25, -0.2) is 4.39 Å². The molecule has 0 aromatic heterocycles. The van der Waals surface area contributed by atoms with Crippen molar-refractivity contribution in [1.82, 2.24) is 16.0 Å². The normalized spacial score (nSPS) is 18.7. The van der Waals surface area contributed by atoms with E-state index in [-0.39, 0.29) is 17.6 Å². The highest BCUT2D eigenvalue weighted by Crippen LogP contribution is 2.22. The molecule has 1 aromatic rings. The molecule has 2 amide bonds. The molecule has 6 heteroatoms. The Labute approximate surface area is 142 Å². The van der Waals surface area contributed by atoms with Gasteiger partial charge in [-0.1, -0.05) is 6.92 Å². The van der Waals surface area contributed by atoms with Crippen molar-refractivity contribution in [3.05, 3.63) is 35.6 Å². The second-order valence-electron chi connectivity index (χ2n) is 6.40. The molecule has 1 saturated heterocycles. The Morgan fingerprint density at radius 2 is 1.96 bits per heavy atom. The fourth-order valence-corrected chi connectivity index (χ4v) is 2.98. The number of hydrogen-bond acceptors (Lipinski definition) is 3. The molecule has 0 spiro atoms. The van der Waals surface area contributed by atoms with E-state index in [4.69, 9.17) is 0 Å². The number of piperidine rings is 1. The Morgan fingerprint density at radius 1 is 1.25 bits per heavy atom. The standard InChI is InChI=1S/C18H26FN3O2/c1-13(15-3-2-8-20-12-15)11-17(23)21-9-10-22-18(24)14-4-6-16(19)7-5-14/h4-7,13,15,20H,2-3,8-12H2,1H3,(H,21,23)(H,22,24). The molecule has 1 heterocycles. The monoisotopic (exact) mass is 335 g/mol. The van der Waals surface area contributed by atoms with Crippen LogP contribution in [0.4, 0.5) is 4.39 Å². The minimum Gasteiger partial charge on any atom is -0.354 e. The van der Waals surface area contributed by atoms with Crippen molar-refractivity contribution in [2.75, 3.05) is 26.2 Å². The summed E-state index contributed by atoms with van der Waals surface area (Å²) in [5, 5.41) is 8.91. The van der Waals surface area contributed by atoms with Crippen molar-refractivity contribution in [3.63, 3.8) is 0 Å². The predicted molar refractivity (Wildman–Crippen MR) is 91.1 cm³/mol. The molecule has 132 valence electrons. The molecule has 1 aliphatic rings. The average Bonchev–Trinajstić information content (AvgIpc) is 2.60. The van der Waals surface area contributed by atoms with Crippen LogP contribution in [-0.2, 0) is 4.79 Å². The van der Waals surface area contributed by atoms with Crippen LogP contribution >= 0.6 is 0 Å². The molecule has 2 rings (SSSR count). The van der Waals surface area contributed by atoms with E-state index in [1.54, 1.807) is 0 Å². The van der Waals surface area contributed by atoms with Crippen LogP contribution in [-0.4, -0.2) is 38.0 Å². The van der Waals surface area contributed by atoms with Crippen LogP contribution in [0.2, 0.25) is 0 Å². The van der Waals surface area contributed by atoms with Gasteiger partial charge >= 0.3 is 0 Å². The van der Waals surface area contributed by atoms with E-state index in [1.807, 2.05) is 0 Å². The minimum atomic E-state index is -0.374. The van der Waals surface area contributed by atoms with Gasteiger partial charge in [0.25, 0.3) is 5.91 Å². The quantitative estimate of drug-likeness (QED) is 0.664. The molecule has 1 fully saturated rings. The molecular formula is C18H26FN3O2. The topological polar surface area (TPSA) is 70.2 Å². The molecule has 5 nitrogen and oxygen atoms in total. The zero-order valence-electron chi connectivity index (χ0n) is 14.1. The predicted octanol–water partition coefficient (Wildman–Crippen LogP) is 1.70. The van der Waals surface area contributed by atoms with Gasteiger partial charge in [0.15, 0.2) is 0 Å². The molecule has 0 radical (unpaired) electrons. The molecule has 3 N–H and O–H groups in total. The smallest absolute Gasteiger partial charge is 0.251 e. The lowest BCUT2D eigenvalue weighted by atomic mass is 9.85. The van der Waals surface area contributed by atoms with Crippen molar-refractivity contribution < 1.29 is 14.0 Å². The number of benzene rings is 1. The van der Waals surface area contributed by atoms with Crippen molar-refractivity contribution in [2.24, 2.45) is 11.8 Å². The maximum absolute atomic E-state index is 12.8. The number of hydrogen-bond donors (Lipinski definition) is 3. The van der Waals surface area contributed by atoms with E-state index in [0.29, 0.717) is 36.9 Å². The molecular weight excluding hydrogens is 309 g/mol. The van der Waals surface area contributed by atoms with Crippen molar-refractivity contribution in [1.29, 1.82) is 0 Å². The highest BCUT2D eigenvalue weighted by atomic mass is 19.1. The van der Waals surface area contributed by atoms with Gasteiger partial charge < -0.3 is 16.0 Å². The third-order valence-corrected chi connectivity index (χ3v) is 4.49. The van der Waals surface area contributed by atoms with E-state index in [0.717, 1.165) is 13.1 Å². The van der Waals surface area contributed by atoms with Crippen LogP contribution < -0.4 is 16.0 Å². The summed E-state index contributed by atoms with van der Waals surface area (Å²) >= 11 is 0. The van der Waals surface area contributed by atoms with Crippen LogP contribution in [0.5, 0.6) is 0 Å². The number of halogens is 1. The SMILES string of the molecule is CC(CC(=O)NCCNC(=O)c1ccc(F)cc1)C1CCCNC1. The number of nitrogens with one attached hydrogen (secondary N) is 3. The zero-order valence-corrected chi connectivity index (χ0v) is 14.1. The molecule has 2 atom stereocenters. The third-order valence-electron chi connectivity index (χ3n) is 4.49. The summed E-state index contributed by atoms with van der Waals surface area (Å²) in [6.07, 6.45) is 2.86. The Bertz CT molecular complexity index is 542. The summed E-state index contributed by atoms with van der Waals surface area (Å²) in [6, 6.07) is 5.36. The largest absolute Gasteiger partial charge is 0.354 e. The summed E-state index contributed by atoms with van der Waals surface area (Å²) in [6.45, 7) is 4.92. The summed E-state index contributed by atoms with van der Waals surface area (Å²) in [5.74, 6) is 0.283. The van der Waals surface area contributed by atoms with Crippen molar-refractivity contribution in [2.45, 2.75) is 26.2 Å². The van der Waals surface area contributed by atoms with Crippen LogP contribution in [0.25, 0.3) is 0 Å². The Balaban J connectivity index is 1.61. The fraction of sp³-hybridized carbons (Fsp3) is 0.556. The van der Waals surface area contributed by atoms with E-state index in [1.165, 1.54) is 37.1 Å². The maximum atomic E-state index is 12.8. The molecule has 0 aliphatic carbocycles. The first-order chi connectivity index (χ1) is 11.6. The Morgan fingerprint density at radius 3 is 2.62 bits per heavy atom. The van der Waals surface area contributed by atoms with E-state index >= 15 is 0 Å². The maximum Gasteiger partial charge on any atom is 0.251 e. The van der Waals surface area contributed by atoms with Gasteiger partial charge in [0.1, 0.15) is 5.82 Å². The highest BCUT2D eigenvalue weighted by Gasteiger charge is 2.21. The third kappa shape index (κ3) is 5.92. The van der Waals surface area contributed by atoms with Crippen molar-refractivity contribution in [3.8, 4) is 0 Å². The van der Waals surface area contributed by atoms with E-state index in [2.05, 4.69) is 22.9 Å². The van der Waals surface area contributed by atoms with E-state index in [9.17, 15) is 14.0 Å². The zero-order chi connectivity index (χ0) is 17.4. The number of carbonyl (C=O) groups is 2. The molecule has 0 bridgehead atoms. The summed E-state index contributed by atoms with van der Waals surface area (Å²) in [5.41, 5.74) is 0.404. The molecule has 0 saturated carbocycles. The summed E-state index contributed by atoms with van der Waals surface area (Å²) < 4.78 is 12.8. The first-order valence-corrected chi connectivity index (χ1v) is 8.57. The molecule has 24 heavy (non-hydrogen) atoms. The molecule has 1 aromatic carbocycles. The van der Waals surface area contributed by atoms with Crippen LogP contribution in [0.3, 0.4) is 0 Å².